The summed E-state index contributed by atoms with van der Waals surface area (Å²) in [7, 11) is 0. The van der Waals surface area contributed by atoms with E-state index in [-0.39, 0.29) is 52.0 Å². The summed E-state index contributed by atoms with van der Waals surface area (Å²) in [6, 6.07) is 0. The van der Waals surface area contributed by atoms with Gasteiger partial charge in [0, 0.05) is 12.8 Å². The minimum absolute atomic E-state index is 0.0387. The van der Waals surface area contributed by atoms with E-state index in [1.165, 1.54) is 6.92 Å². The summed E-state index contributed by atoms with van der Waals surface area (Å²) in [5.74, 6) is -0.279. The molecule has 0 aromatic rings. The molecular formula is C43H68O14. The lowest BCUT2D eigenvalue weighted by Gasteiger charge is -2.74. The molecule has 8 rings (SSSR count). The topological polar surface area (TPSA) is 211 Å². The molecule has 0 radical (unpaired) electrons. The number of esters is 2. The molecule has 19 atom stereocenters. The molecule has 0 spiro atoms. The highest BCUT2D eigenvalue weighted by atomic mass is 16.8. The number of carbonyl (C=O) groups excluding carboxylic acids is 2. The van der Waals surface area contributed by atoms with Crippen molar-refractivity contribution in [3.63, 3.8) is 0 Å². The number of carbonyl (C=O) groups is 2. The molecule has 2 bridgehead atoms. The zero-order valence-corrected chi connectivity index (χ0v) is 34.9. The van der Waals surface area contributed by atoms with Crippen molar-refractivity contribution >= 4 is 11.9 Å². The summed E-state index contributed by atoms with van der Waals surface area (Å²) in [6.45, 7) is 13.8. The Morgan fingerprint density at radius 2 is 1.35 bits per heavy atom. The molecule has 14 nitrogen and oxygen atoms in total. The average molecular weight is 809 g/mol. The fourth-order valence-corrected chi connectivity index (χ4v) is 15.5. The van der Waals surface area contributed by atoms with E-state index in [0.29, 0.717) is 18.8 Å². The monoisotopic (exact) mass is 808 g/mol. The smallest absolute Gasteiger partial charge is 0.315 e. The molecule has 57 heavy (non-hydrogen) atoms. The number of fused-ring (bicyclic) bond motifs is 5. The third-order valence-electron chi connectivity index (χ3n) is 18.3. The maximum absolute atomic E-state index is 14.3. The van der Waals surface area contributed by atoms with Gasteiger partial charge in [0.05, 0.1) is 25.4 Å². The summed E-state index contributed by atoms with van der Waals surface area (Å²) in [4.78, 5) is 26.2. The van der Waals surface area contributed by atoms with Gasteiger partial charge in [-0.05, 0) is 117 Å². The number of aliphatic hydroxyl groups is 6. The summed E-state index contributed by atoms with van der Waals surface area (Å²) < 4.78 is 36.0. The van der Waals surface area contributed by atoms with E-state index >= 15 is 0 Å². The van der Waals surface area contributed by atoms with Crippen LogP contribution in [0.4, 0.5) is 0 Å². The van der Waals surface area contributed by atoms with Crippen LogP contribution in [0, 0.1) is 50.7 Å². The van der Waals surface area contributed by atoms with Gasteiger partial charge in [-0.25, -0.2) is 0 Å². The van der Waals surface area contributed by atoms with Crippen molar-refractivity contribution in [3.05, 3.63) is 0 Å². The molecular weight excluding hydrogens is 740 g/mol. The maximum atomic E-state index is 14.3. The van der Waals surface area contributed by atoms with Crippen LogP contribution in [0.15, 0.2) is 0 Å². The van der Waals surface area contributed by atoms with Gasteiger partial charge < -0.3 is 59.1 Å². The Kier molecular flexibility index (Phi) is 10.4. The van der Waals surface area contributed by atoms with Gasteiger partial charge >= 0.3 is 11.9 Å². The first kappa shape index (κ1) is 42.2. The molecule has 8 fully saturated rings. The quantitative estimate of drug-likeness (QED) is 0.195. The molecule has 0 aromatic carbocycles. The van der Waals surface area contributed by atoms with Crippen molar-refractivity contribution in [1.82, 2.24) is 0 Å². The fourth-order valence-electron chi connectivity index (χ4n) is 15.5. The van der Waals surface area contributed by atoms with Gasteiger partial charge in [-0.1, -0.05) is 34.1 Å². The summed E-state index contributed by atoms with van der Waals surface area (Å²) in [6.07, 6.45) is -2.51. The highest BCUT2D eigenvalue weighted by molar-refractivity contribution is 5.82. The third-order valence-corrected chi connectivity index (χ3v) is 18.3. The van der Waals surface area contributed by atoms with Crippen LogP contribution in [0.1, 0.15) is 119 Å². The first-order chi connectivity index (χ1) is 26.7. The molecule has 14 heteroatoms. The lowest BCUT2D eigenvalue weighted by molar-refractivity contribution is -0.344. The predicted octanol–water partition coefficient (Wildman–Crippen LogP) is 2.74. The molecule has 3 aliphatic heterocycles. The second-order valence-corrected chi connectivity index (χ2v) is 21.0. The number of rotatable bonds is 8. The zero-order valence-electron chi connectivity index (χ0n) is 34.9. The Balaban J connectivity index is 1.04. The average Bonchev–Trinajstić information content (AvgIpc) is 3.59. The highest BCUT2D eigenvalue weighted by Gasteiger charge is 2.81. The maximum Gasteiger partial charge on any atom is 0.315 e. The van der Waals surface area contributed by atoms with E-state index < -0.39 is 91.1 Å². The Labute approximate surface area is 336 Å². The van der Waals surface area contributed by atoms with E-state index in [4.69, 9.17) is 28.4 Å². The molecule has 3 saturated heterocycles. The van der Waals surface area contributed by atoms with E-state index in [0.717, 1.165) is 57.8 Å². The van der Waals surface area contributed by atoms with Gasteiger partial charge in [0.2, 0.25) is 0 Å². The van der Waals surface area contributed by atoms with E-state index in [1.807, 2.05) is 13.8 Å². The van der Waals surface area contributed by atoms with Crippen LogP contribution >= 0.6 is 0 Å². The highest BCUT2D eigenvalue weighted by Crippen LogP contribution is 2.80. The van der Waals surface area contributed by atoms with Gasteiger partial charge in [-0.3, -0.25) is 9.59 Å². The van der Waals surface area contributed by atoms with Crippen molar-refractivity contribution in [3.8, 4) is 0 Å². The number of ether oxygens (including phenoxy) is 6. The van der Waals surface area contributed by atoms with Crippen LogP contribution < -0.4 is 0 Å². The molecule has 5 saturated carbocycles. The third kappa shape index (κ3) is 5.77. The van der Waals surface area contributed by atoms with Crippen molar-refractivity contribution in [2.75, 3.05) is 19.8 Å². The first-order valence-corrected chi connectivity index (χ1v) is 21.6. The molecule has 5 aliphatic carbocycles. The zero-order chi connectivity index (χ0) is 41.3. The SMILES string of the molecule is CC(=O)OC1C(OC2C(OCC3(C)CCCC4(C)C3CCC3(C)C4CCC4C3(C)CCC3(O)C5CCC43C(=O)OC5(C)C)OC(CO)C(O)C2O)OC(CO)C1O. The van der Waals surface area contributed by atoms with Gasteiger partial charge in [-0.2, -0.15) is 0 Å². The van der Waals surface area contributed by atoms with Crippen LogP contribution in [0.3, 0.4) is 0 Å². The van der Waals surface area contributed by atoms with Gasteiger partial charge in [-0.15, -0.1) is 0 Å². The minimum Gasteiger partial charge on any atom is -0.459 e. The van der Waals surface area contributed by atoms with E-state index in [2.05, 4.69) is 27.7 Å². The molecule has 324 valence electrons. The number of hydrogen-bond acceptors (Lipinski definition) is 14. The predicted molar refractivity (Wildman–Crippen MR) is 201 cm³/mol. The molecule has 0 amide bonds. The molecule has 8 aliphatic rings. The Bertz CT molecular complexity index is 1580. The molecule has 6 N–H and O–H groups in total. The first-order valence-electron chi connectivity index (χ1n) is 21.6. The number of hydrogen-bond donors (Lipinski definition) is 6. The lowest BCUT2D eigenvalue weighted by Crippen LogP contribution is -2.74. The minimum atomic E-state index is -1.60. The van der Waals surface area contributed by atoms with Crippen LogP contribution in [-0.4, -0.2) is 129 Å². The van der Waals surface area contributed by atoms with Gasteiger partial charge in [0.15, 0.2) is 18.7 Å². The summed E-state index contributed by atoms with van der Waals surface area (Å²) >= 11 is 0. The standard InChI is InChI=1S/C43H68O14/c1-22(46)53-32-30(48)24(20-45)55-35(32)56-33-31(49)29(47)23(19-44)54-34(33)52-21-38(4)13-8-14-39(5)26(38)11-15-40(6)27(39)9-10-28-41(40,7)17-18-43(51)25-12-16-42(28,43)36(50)57-37(25,2)3/h23-35,44-45,47-49,51H,8-21H2,1-7H3. The molecule has 0 aromatic heterocycles. The van der Waals surface area contributed by atoms with Gasteiger partial charge in [0.25, 0.3) is 0 Å². The number of cyclic esters (lactones) is 1. The van der Waals surface area contributed by atoms with Crippen LogP contribution in [0.2, 0.25) is 0 Å². The second-order valence-electron chi connectivity index (χ2n) is 21.0. The Morgan fingerprint density at radius 1 is 0.719 bits per heavy atom. The van der Waals surface area contributed by atoms with Gasteiger partial charge in [0.1, 0.15) is 47.6 Å². The largest absolute Gasteiger partial charge is 0.459 e. The fraction of sp³-hybridized carbons (Fsp3) is 0.953. The Hall–Kier alpha value is -1.46. The van der Waals surface area contributed by atoms with E-state index in [1.54, 1.807) is 0 Å². The van der Waals surface area contributed by atoms with Crippen molar-refractivity contribution in [2.45, 2.75) is 186 Å². The van der Waals surface area contributed by atoms with E-state index in [9.17, 15) is 40.2 Å². The summed E-state index contributed by atoms with van der Waals surface area (Å²) in [5, 5.41) is 65.4. The van der Waals surface area contributed by atoms with Crippen molar-refractivity contribution in [2.24, 2.45) is 50.7 Å². The van der Waals surface area contributed by atoms with Crippen LogP contribution in [0.25, 0.3) is 0 Å². The van der Waals surface area contributed by atoms with Crippen LogP contribution in [0.5, 0.6) is 0 Å². The van der Waals surface area contributed by atoms with Crippen molar-refractivity contribution in [1.29, 1.82) is 0 Å². The normalized spacial score (nSPS) is 55.2. The van der Waals surface area contributed by atoms with Crippen molar-refractivity contribution < 1.29 is 68.6 Å². The second kappa shape index (κ2) is 14.0. The molecule has 3 heterocycles. The lowest BCUT2D eigenvalue weighted by atomic mass is 9.31. The Morgan fingerprint density at radius 3 is 2.04 bits per heavy atom. The van der Waals surface area contributed by atoms with Crippen LogP contribution in [-0.2, 0) is 38.0 Å². The number of aliphatic hydroxyl groups excluding tert-OH is 5. The molecule has 19 unspecified atom stereocenters. The summed E-state index contributed by atoms with van der Waals surface area (Å²) in [5.41, 5.74) is -3.21.